The van der Waals surface area contributed by atoms with Gasteiger partial charge in [0.25, 0.3) is 5.91 Å². The minimum Gasteiger partial charge on any atom is -0.496 e. The maximum atomic E-state index is 12.9. The van der Waals surface area contributed by atoms with Crippen molar-refractivity contribution in [2.75, 3.05) is 7.11 Å². The number of rotatable bonds is 6. The molecule has 31 heavy (non-hydrogen) atoms. The maximum Gasteiger partial charge on any atom is 0.254 e. The second-order valence-corrected chi connectivity index (χ2v) is 8.89. The van der Waals surface area contributed by atoms with Gasteiger partial charge in [0.1, 0.15) is 5.75 Å². The Bertz CT molecular complexity index is 1360. The van der Waals surface area contributed by atoms with E-state index in [1.807, 2.05) is 6.92 Å². The topological polar surface area (TPSA) is 103 Å². The zero-order valence-corrected chi connectivity index (χ0v) is 17.8. The molecule has 1 amide bonds. The maximum absolute atomic E-state index is 12.9. The molecule has 0 atom stereocenters. The predicted octanol–water partition coefficient (Wildman–Crippen LogP) is 2.81. The first-order valence-corrected chi connectivity index (χ1v) is 10.9. The summed E-state index contributed by atoms with van der Waals surface area (Å²) < 4.78 is 32.7. The average molecular weight is 436 g/mol. The lowest BCUT2D eigenvalue weighted by molar-refractivity contribution is 0.0950. The number of hydrogen-bond acceptors (Lipinski definition) is 6. The molecule has 0 bridgehead atoms. The number of benzene rings is 2. The van der Waals surface area contributed by atoms with Crippen LogP contribution in [0.4, 0.5) is 0 Å². The molecule has 158 valence electrons. The molecule has 0 saturated heterocycles. The Labute approximate surface area is 179 Å². The third-order valence-corrected chi connectivity index (χ3v) is 6.65. The van der Waals surface area contributed by atoms with E-state index in [9.17, 15) is 13.2 Å². The minimum absolute atomic E-state index is 0.165. The number of aromatic nitrogens is 3. The first kappa shape index (κ1) is 20.5. The molecule has 2 aromatic heterocycles. The number of nitrogens with one attached hydrogen (secondary N) is 1. The van der Waals surface area contributed by atoms with Crippen molar-refractivity contribution in [2.45, 2.75) is 23.3 Å². The van der Waals surface area contributed by atoms with Gasteiger partial charge in [-0.2, -0.15) is 0 Å². The number of nitrogens with zero attached hydrogens (tertiary/aromatic N) is 3. The number of carbonyl (C=O) groups is 1. The monoisotopic (exact) mass is 436 g/mol. The van der Waals surface area contributed by atoms with Crippen LogP contribution in [0.2, 0.25) is 0 Å². The molecular weight excluding hydrogens is 416 g/mol. The third-order valence-electron chi connectivity index (χ3n) is 4.88. The first-order valence-electron chi connectivity index (χ1n) is 9.44. The summed E-state index contributed by atoms with van der Waals surface area (Å²) in [6.45, 7) is 2.10. The van der Waals surface area contributed by atoms with Gasteiger partial charge >= 0.3 is 0 Å². The molecular formula is C22H20N4O4S. The van der Waals surface area contributed by atoms with Crippen molar-refractivity contribution in [3.05, 3.63) is 83.9 Å². The molecule has 0 aliphatic carbocycles. The van der Waals surface area contributed by atoms with E-state index in [2.05, 4.69) is 15.3 Å². The summed E-state index contributed by atoms with van der Waals surface area (Å²) in [7, 11) is -2.17. The van der Waals surface area contributed by atoms with Gasteiger partial charge in [0.05, 0.1) is 22.5 Å². The third kappa shape index (κ3) is 4.13. The van der Waals surface area contributed by atoms with Crippen LogP contribution in [0.1, 0.15) is 21.5 Å². The Morgan fingerprint density at radius 1 is 1.10 bits per heavy atom. The van der Waals surface area contributed by atoms with Gasteiger partial charge < -0.3 is 10.1 Å². The van der Waals surface area contributed by atoms with E-state index in [0.717, 1.165) is 11.1 Å². The fraction of sp³-hybridized carbons (Fsp3) is 0.136. The van der Waals surface area contributed by atoms with Gasteiger partial charge in [-0.25, -0.2) is 18.4 Å². The zero-order valence-electron chi connectivity index (χ0n) is 16.9. The smallest absolute Gasteiger partial charge is 0.254 e. The Balaban J connectivity index is 1.47. The van der Waals surface area contributed by atoms with E-state index in [-0.39, 0.29) is 22.2 Å². The number of sulfone groups is 1. The summed E-state index contributed by atoms with van der Waals surface area (Å²) in [4.78, 5) is 20.9. The Hall–Kier alpha value is -3.72. The number of imidazole rings is 1. The molecule has 0 unspecified atom stereocenters. The van der Waals surface area contributed by atoms with Crippen LogP contribution in [-0.4, -0.2) is 35.8 Å². The van der Waals surface area contributed by atoms with E-state index in [1.54, 1.807) is 47.3 Å². The van der Waals surface area contributed by atoms with Crippen molar-refractivity contribution < 1.29 is 17.9 Å². The normalized spacial score (nSPS) is 11.4. The van der Waals surface area contributed by atoms with Crippen LogP contribution < -0.4 is 10.1 Å². The molecule has 0 aliphatic heterocycles. The fourth-order valence-electron chi connectivity index (χ4n) is 3.11. The quantitative estimate of drug-likeness (QED) is 0.499. The van der Waals surface area contributed by atoms with Crippen LogP contribution in [0.3, 0.4) is 0 Å². The van der Waals surface area contributed by atoms with Crippen molar-refractivity contribution in [2.24, 2.45) is 0 Å². The van der Waals surface area contributed by atoms with Gasteiger partial charge in [0.15, 0.2) is 0 Å². The van der Waals surface area contributed by atoms with Crippen LogP contribution in [0, 0.1) is 6.92 Å². The second kappa shape index (κ2) is 8.19. The van der Waals surface area contributed by atoms with Crippen molar-refractivity contribution >= 4 is 21.5 Å². The summed E-state index contributed by atoms with van der Waals surface area (Å²) >= 11 is 0. The highest BCUT2D eigenvalue weighted by molar-refractivity contribution is 7.91. The van der Waals surface area contributed by atoms with Gasteiger partial charge in [0, 0.05) is 31.3 Å². The Morgan fingerprint density at radius 2 is 1.84 bits per heavy atom. The molecule has 4 rings (SSSR count). The molecule has 0 radical (unpaired) electrons. The van der Waals surface area contributed by atoms with E-state index < -0.39 is 9.84 Å². The van der Waals surface area contributed by atoms with Crippen molar-refractivity contribution in [1.82, 2.24) is 19.7 Å². The summed E-state index contributed by atoms with van der Waals surface area (Å²) in [6.07, 6.45) is 6.42. The lowest BCUT2D eigenvalue weighted by atomic mass is 10.2. The lowest BCUT2D eigenvalue weighted by Gasteiger charge is -2.10. The van der Waals surface area contributed by atoms with Crippen LogP contribution in [0.25, 0.3) is 5.78 Å². The van der Waals surface area contributed by atoms with E-state index >= 15 is 0 Å². The molecule has 0 saturated carbocycles. The molecule has 0 aliphatic rings. The number of fused-ring (bicyclic) bond motifs is 1. The summed E-state index contributed by atoms with van der Waals surface area (Å²) in [5.74, 6) is 0.745. The highest BCUT2D eigenvalue weighted by Gasteiger charge is 2.19. The molecule has 2 aromatic carbocycles. The van der Waals surface area contributed by atoms with E-state index in [0.29, 0.717) is 17.1 Å². The summed E-state index contributed by atoms with van der Waals surface area (Å²) in [6, 6.07) is 11.2. The minimum atomic E-state index is -3.68. The van der Waals surface area contributed by atoms with E-state index in [4.69, 9.17) is 4.74 Å². The van der Waals surface area contributed by atoms with Gasteiger partial charge in [0.2, 0.25) is 15.6 Å². The van der Waals surface area contributed by atoms with E-state index in [1.165, 1.54) is 31.5 Å². The standard InChI is InChI=1S/C22H20N4O4S/c1-15-3-6-19(11-20(15)30-2)31(28,29)18-7-4-16(5-8-18)12-24-21(27)17-13-25-22-23-9-10-26(22)14-17/h3-11,13-14H,12H2,1-2H3,(H,24,27). The molecule has 0 spiro atoms. The Kier molecular flexibility index (Phi) is 5.43. The zero-order chi connectivity index (χ0) is 22.0. The second-order valence-electron chi connectivity index (χ2n) is 6.94. The Morgan fingerprint density at radius 3 is 2.58 bits per heavy atom. The molecule has 2 heterocycles. The number of amides is 1. The van der Waals surface area contributed by atoms with Gasteiger partial charge in [-0.15, -0.1) is 0 Å². The SMILES string of the molecule is COc1cc(S(=O)(=O)c2ccc(CNC(=O)c3cnc4nccn4c3)cc2)ccc1C. The largest absolute Gasteiger partial charge is 0.496 e. The number of ether oxygens (including phenoxy) is 1. The summed E-state index contributed by atoms with van der Waals surface area (Å²) in [5, 5.41) is 2.80. The first-order chi connectivity index (χ1) is 14.9. The highest BCUT2D eigenvalue weighted by Crippen LogP contribution is 2.27. The number of aryl methyl sites for hydroxylation is 1. The van der Waals surface area contributed by atoms with Crippen LogP contribution in [0.15, 0.2) is 77.0 Å². The van der Waals surface area contributed by atoms with Crippen LogP contribution in [-0.2, 0) is 16.4 Å². The van der Waals surface area contributed by atoms with Crippen molar-refractivity contribution in [1.29, 1.82) is 0 Å². The van der Waals surface area contributed by atoms with Gasteiger partial charge in [-0.1, -0.05) is 18.2 Å². The van der Waals surface area contributed by atoms with Crippen molar-refractivity contribution in [3.8, 4) is 5.75 Å². The molecule has 9 heteroatoms. The van der Waals surface area contributed by atoms with Crippen LogP contribution >= 0.6 is 0 Å². The molecule has 1 N–H and O–H groups in total. The highest BCUT2D eigenvalue weighted by atomic mass is 32.2. The van der Waals surface area contributed by atoms with Crippen LogP contribution in [0.5, 0.6) is 5.75 Å². The van der Waals surface area contributed by atoms with Gasteiger partial charge in [-0.3, -0.25) is 9.20 Å². The predicted molar refractivity (Wildman–Crippen MR) is 114 cm³/mol. The fourth-order valence-corrected chi connectivity index (χ4v) is 4.38. The average Bonchev–Trinajstić information content (AvgIpc) is 3.26. The summed E-state index contributed by atoms with van der Waals surface area (Å²) in [5.41, 5.74) is 2.03. The molecule has 4 aromatic rings. The number of carbonyl (C=O) groups excluding carboxylic acids is 1. The lowest BCUT2D eigenvalue weighted by Crippen LogP contribution is -2.23. The van der Waals surface area contributed by atoms with Crippen molar-refractivity contribution in [3.63, 3.8) is 0 Å². The molecule has 0 fully saturated rings. The van der Waals surface area contributed by atoms with Gasteiger partial charge in [-0.05, 0) is 42.3 Å². The number of hydrogen-bond donors (Lipinski definition) is 1. The molecule has 8 nitrogen and oxygen atoms in total. The number of methoxy groups -OCH3 is 1.